The number of amides is 1. The van der Waals surface area contributed by atoms with Crippen LogP contribution < -0.4 is 14.9 Å². The van der Waals surface area contributed by atoms with E-state index in [9.17, 15) is 19.7 Å². The van der Waals surface area contributed by atoms with Gasteiger partial charge in [0, 0.05) is 18.8 Å². The molecule has 0 bridgehead atoms. The summed E-state index contributed by atoms with van der Waals surface area (Å²) < 4.78 is 9.91. The number of nitro benzene ring substituents is 1. The van der Waals surface area contributed by atoms with Gasteiger partial charge in [-0.1, -0.05) is 0 Å². The number of aromatic nitrogens is 1. The maximum Gasteiger partial charge on any atom is 0.323 e. The Morgan fingerprint density at radius 1 is 1.30 bits per heavy atom. The number of aryl methyl sites for hydroxylation is 1. The van der Waals surface area contributed by atoms with E-state index in [2.05, 4.69) is 15.5 Å². The summed E-state index contributed by atoms with van der Waals surface area (Å²) in [6.45, 7) is 2.95. The summed E-state index contributed by atoms with van der Waals surface area (Å²) in [6.07, 6.45) is 2.48. The summed E-state index contributed by atoms with van der Waals surface area (Å²) in [5, 5.41) is 15.1. The zero-order valence-corrected chi connectivity index (χ0v) is 14.8. The molecule has 1 amide bonds. The highest BCUT2D eigenvalue weighted by Crippen LogP contribution is 2.39. The minimum Gasteiger partial charge on any atom is -0.488 e. The molecule has 2 aromatic rings. The van der Waals surface area contributed by atoms with Crippen LogP contribution in [0.25, 0.3) is 0 Å². The molecule has 27 heavy (non-hydrogen) atoms. The minimum absolute atomic E-state index is 0.0510. The number of hydrogen-bond donors (Lipinski definition) is 1. The molecular formula is C17H16N4O6. The number of benzene rings is 1. The first kappa shape index (κ1) is 19.5. The van der Waals surface area contributed by atoms with Gasteiger partial charge in [0.25, 0.3) is 5.91 Å². The monoisotopic (exact) mass is 372 g/mol. The fourth-order valence-corrected chi connectivity index (χ4v) is 2.12. The SMILES string of the molecule is COc1c(OC(C)=O)ccc(/C=N\NC(=O)c2ccc(C)nc2)c1[N+](=O)[O-]. The van der Waals surface area contributed by atoms with Crippen LogP contribution in [0.15, 0.2) is 35.6 Å². The number of carbonyl (C=O) groups excluding carboxylic acids is 2. The standard InChI is InChI=1S/C17H16N4O6/c1-10-4-5-13(8-18-10)17(23)20-19-9-12-6-7-14(27-11(2)22)16(26-3)15(12)21(24)25/h4-9H,1-3H3,(H,20,23)/b19-9-. The van der Waals surface area contributed by atoms with Crippen molar-refractivity contribution in [1.29, 1.82) is 0 Å². The number of carbonyl (C=O) groups is 2. The molecule has 0 saturated heterocycles. The van der Waals surface area contributed by atoms with Crippen molar-refractivity contribution in [1.82, 2.24) is 10.4 Å². The van der Waals surface area contributed by atoms with Crippen LogP contribution in [-0.4, -0.2) is 35.1 Å². The number of nitrogens with one attached hydrogen (secondary N) is 1. The van der Waals surface area contributed by atoms with Gasteiger partial charge in [-0.25, -0.2) is 5.43 Å². The average Bonchev–Trinajstić information content (AvgIpc) is 2.62. The second kappa shape index (κ2) is 8.52. The second-order valence-corrected chi connectivity index (χ2v) is 5.27. The third kappa shape index (κ3) is 4.84. The summed E-state index contributed by atoms with van der Waals surface area (Å²) in [7, 11) is 1.21. The molecule has 1 heterocycles. The van der Waals surface area contributed by atoms with Crippen LogP contribution in [0, 0.1) is 17.0 Å². The first-order chi connectivity index (χ1) is 12.8. The molecule has 2 rings (SSSR count). The van der Waals surface area contributed by atoms with Gasteiger partial charge in [-0.3, -0.25) is 24.7 Å². The lowest BCUT2D eigenvalue weighted by Crippen LogP contribution is -2.18. The van der Waals surface area contributed by atoms with Gasteiger partial charge in [0.2, 0.25) is 5.75 Å². The van der Waals surface area contributed by atoms with Crippen molar-refractivity contribution in [3.8, 4) is 11.5 Å². The molecular weight excluding hydrogens is 356 g/mol. The van der Waals surface area contributed by atoms with Crippen LogP contribution in [0.3, 0.4) is 0 Å². The molecule has 0 aliphatic rings. The summed E-state index contributed by atoms with van der Waals surface area (Å²) in [4.78, 5) is 37.8. The Balaban J connectivity index is 2.28. The molecule has 0 radical (unpaired) electrons. The van der Waals surface area contributed by atoms with E-state index >= 15 is 0 Å². The maximum absolute atomic E-state index is 12.0. The van der Waals surface area contributed by atoms with Crippen LogP contribution in [0.1, 0.15) is 28.5 Å². The summed E-state index contributed by atoms with van der Waals surface area (Å²) in [5.74, 6) is -1.50. The van der Waals surface area contributed by atoms with E-state index in [0.29, 0.717) is 0 Å². The topological polar surface area (TPSA) is 133 Å². The highest BCUT2D eigenvalue weighted by molar-refractivity contribution is 5.95. The Kier molecular flexibility index (Phi) is 6.15. The molecule has 0 saturated carbocycles. The van der Waals surface area contributed by atoms with E-state index in [1.165, 1.54) is 25.4 Å². The molecule has 0 atom stereocenters. The van der Waals surface area contributed by atoms with Gasteiger partial charge in [0.05, 0.1) is 29.4 Å². The minimum atomic E-state index is -0.696. The number of hydrogen-bond acceptors (Lipinski definition) is 8. The molecule has 0 unspecified atom stereocenters. The molecule has 1 aromatic carbocycles. The summed E-state index contributed by atoms with van der Waals surface area (Å²) in [5.41, 5.74) is 2.90. The Hall–Kier alpha value is -3.82. The van der Waals surface area contributed by atoms with E-state index in [-0.39, 0.29) is 22.6 Å². The van der Waals surface area contributed by atoms with Gasteiger partial charge in [-0.2, -0.15) is 5.10 Å². The predicted octanol–water partition coefficient (Wildman–Crippen LogP) is 2.00. The van der Waals surface area contributed by atoms with Crippen molar-refractivity contribution in [2.24, 2.45) is 5.10 Å². The van der Waals surface area contributed by atoms with Gasteiger partial charge >= 0.3 is 11.7 Å². The fourth-order valence-electron chi connectivity index (χ4n) is 2.12. The molecule has 0 aliphatic heterocycles. The van der Waals surface area contributed by atoms with Crippen molar-refractivity contribution < 1.29 is 24.0 Å². The van der Waals surface area contributed by atoms with Crippen molar-refractivity contribution in [3.63, 3.8) is 0 Å². The molecule has 10 nitrogen and oxygen atoms in total. The molecule has 1 N–H and O–H groups in total. The van der Waals surface area contributed by atoms with Crippen LogP contribution in [-0.2, 0) is 4.79 Å². The van der Waals surface area contributed by atoms with Crippen molar-refractivity contribution >= 4 is 23.8 Å². The molecule has 140 valence electrons. The van der Waals surface area contributed by atoms with Crippen molar-refractivity contribution in [2.45, 2.75) is 13.8 Å². The van der Waals surface area contributed by atoms with Crippen LogP contribution in [0.5, 0.6) is 11.5 Å². The first-order valence-corrected chi connectivity index (χ1v) is 7.63. The Bertz CT molecular complexity index is 908. The van der Waals surface area contributed by atoms with Crippen LogP contribution >= 0.6 is 0 Å². The largest absolute Gasteiger partial charge is 0.488 e. The second-order valence-electron chi connectivity index (χ2n) is 5.27. The molecule has 0 aliphatic carbocycles. The number of rotatable bonds is 6. The normalized spacial score (nSPS) is 10.5. The van der Waals surface area contributed by atoms with E-state index in [1.54, 1.807) is 19.1 Å². The number of nitro groups is 1. The summed E-state index contributed by atoms with van der Waals surface area (Å²) in [6, 6.07) is 5.90. The third-order valence-electron chi connectivity index (χ3n) is 3.31. The van der Waals surface area contributed by atoms with E-state index in [1.807, 2.05) is 0 Å². The average molecular weight is 372 g/mol. The van der Waals surface area contributed by atoms with Crippen LogP contribution in [0.4, 0.5) is 5.69 Å². The number of nitrogens with zero attached hydrogens (tertiary/aromatic N) is 3. The van der Waals surface area contributed by atoms with Gasteiger partial charge < -0.3 is 9.47 Å². The molecule has 1 aromatic heterocycles. The Labute approximate surface area is 154 Å². The molecule has 10 heteroatoms. The number of hydrazone groups is 1. The zero-order chi connectivity index (χ0) is 20.0. The summed E-state index contributed by atoms with van der Waals surface area (Å²) >= 11 is 0. The number of methoxy groups -OCH3 is 1. The van der Waals surface area contributed by atoms with Gasteiger partial charge in [-0.15, -0.1) is 0 Å². The van der Waals surface area contributed by atoms with Crippen LogP contribution in [0.2, 0.25) is 0 Å². The van der Waals surface area contributed by atoms with E-state index < -0.39 is 22.5 Å². The lowest BCUT2D eigenvalue weighted by atomic mass is 10.1. The third-order valence-corrected chi connectivity index (χ3v) is 3.31. The highest BCUT2D eigenvalue weighted by atomic mass is 16.6. The van der Waals surface area contributed by atoms with Crippen molar-refractivity contribution in [3.05, 3.63) is 57.4 Å². The van der Waals surface area contributed by atoms with E-state index in [4.69, 9.17) is 9.47 Å². The number of ether oxygens (including phenoxy) is 2. The number of pyridine rings is 1. The maximum atomic E-state index is 12.0. The fraction of sp³-hybridized carbons (Fsp3) is 0.176. The van der Waals surface area contributed by atoms with E-state index in [0.717, 1.165) is 18.8 Å². The van der Waals surface area contributed by atoms with Gasteiger partial charge in [0.15, 0.2) is 5.75 Å². The number of esters is 1. The highest BCUT2D eigenvalue weighted by Gasteiger charge is 2.25. The quantitative estimate of drug-likeness (QED) is 0.269. The zero-order valence-electron chi connectivity index (χ0n) is 14.8. The lowest BCUT2D eigenvalue weighted by molar-refractivity contribution is -0.385. The first-order valence-electron chi connectivity index (χ1n) is 7.63. The Morgan fingerprint density at radius 3 is 2.59 bits per heavy atom. The predicted molar refractivity (Wildman–Crippen MR) is 95.0 cm³/mol. The molecule has 0 spiro atoms. The lowest BCUT2D eigenvalue weighted by Gasteiger charge is -2.09. The van der Waals surface area contributed by atoms with Gasteiger partial charge in [0.1, 0.15) is 0 Å². The molecule has 0 fully saturated rings. The smallest absolute Gasteiger partial charge is 0.323 e. The Morgan fingerprint density at radius 2 is 2.04 bits per heavy atom. The van der Waals surface area contributed by atoms with Crippen molar-refractivity contribution in [2.75, 3.05) is 7.11 Å². The van der Waals surface area contributed by atoms with Gasteiger partial charge in [-0.05, 0) is 31.2 Å².